The van der Waals surface area contributed by atoms with E-state index in [4.69, 9.17) is 5.11 Å². The van der Waals surface area contributed by atoms with Gasteiger partial charge in [-0.05, 0) is 13.3 Å². The number of aliphatic hydroxyl groups is 1. The lowest BCUT2D eigenvalue weighted by Gasteiger charge is -2.13. The van der Waals surface area contributed by atoms with E-state index in [1.807, 2.05) is 6.92 Å². The van der Waals surface area contributed by atoms with Gasteiger partial charge in [0.2, 0.25) is 10.1 Å². The van der Waals surface area contributed by atoms with Crippen LogP contribution in [-0.4, -0.2) is 52.4 Å². The zero-order chi connectivity index (χ0) is 12.3. The second-order valence-corrected chi connectivity index (χ2v) is 5.01. The quantitative estimate of drug-likeness (QED) is 0.816. The molecule has 1 unspecified atom stereocenters. The average Bonchev–Trinajstić information content (AvgIpc) is 2.97. The Hall–Kier alpha value is -1.21. The van der Waals surface area contributed by atoms with E-state index in [0.29, 0.717) is 23.2 Å². The van der Waals surface area contributed by atoms with E-state index in [0.717, 1.165) is 13.0 Å². The van der Waals surface area contributed by atoms with Crippen molar-refractivity contribution in [2.45, 2.75) is 13.3 Å². The molecule has 1 aliphatic rings. The maximum atomic E-state index is 12.1. The van der Waals surface area contributed by atoms with Crippen LogP contribution in [0.1, 0.15) is 23.1 Å². The summed E-state index contributed by atoms with van der Waals surface area (Å²) >= 11 is 1.27. The third kappa shape index (κ3) is 2.73. The number of amides is 1. The summed E-state index contributed by atoms with van der Waals surface area (Å²) in [5, 5.41) is 20.9. The SMILES string of the molecule is CCNc1nnc(C(=O)N2CCC(CO)C2)s1. The van der Waals surface area contributed by atoms with Gasteiger partial charge in [-0.25, -0.2) is 0 Å². The van der Waals surface area contributed by atoms with Crippen LogP contribution in [0.3, 0.4) is 0 Å². The number of rotatable bonds is 4. The van der Waals surface area contributed by atoms with Crippen molar-refractivity contribution >= 4 is 22.4 Å². The topological polar surface area (TPSA) is 78.4 Å². The predicted octanol–water partition coefficient (Wildman–Crippen LogP) is 0.424. The van der Waals surface area contributed by atoms with Crippen LogP contribution >= 0.6 is 11.3 Å². The van der Waals surface area contributed by atoms with Crippen molar-refractivity contribution in [1.29, 1.82) is 0 Å². The molecule has 6 nitrogen and oxygen atoms in total. The highest BCUT2D eigenvalue weighted by Gasteiger charge is 2.28. The molecule has 2 rings (SSSR count). The fourth-order valence-corrected chi connectivity index (χ4v) is 2.61. The number of carbonyl (C=O) groups is 1. The Morgan fingerprint density at radius 3 is 3.12 bits per heavy atom. The lowest BCUT2D eigenvalue weighted by atomic mass is 10.1. The summed E-state index contributed by atoms with van der Waals surface area (Å²) in [6, 6.07) is 0. The van der Waals surface area contributed by atoms with Gasteiger partial charge in [-0.15, -0.1) is 10.2 Å². The minimum atomic E-state index is -0.0809. The Labute approximate surface area is 104 Å². The molecule has 1 fully saturated rings. The van der Waals surface area contributed by atoms with Crippen LogP contribution in [-0.2, 0) is 0 Å². The molecule has 94 valence electrons. The van der Waals surface area contributed by atoms with Gasteiger partial charge in [0.05, 0.1) is 0 Å². The first kappa shape index (κ1) is 12.3. The van der Waals surface area contributed by atoms with E-state index in [-0.39, 0.29) is 18.4 Å². The van der Waals surface area contributed by atoms with E-state index in [9.17, 15) is 4.79 Å². The predicted molar refractivity (Wildman–Crippen MR) is 65.2 cm³/mol. The second-order valence-electron chi connectivity index (χ2n) is 4.03. The first-order valence-corrected chi connectivity index (χ1v) is 6.53. The zero-order valence-electron chi connectivity index (χ0n) is 9.72. The zero-order valence-corrected chi connectivity index (χ0v) is 10.5. The van der Waals surface area contributed by atoms with Crippen molar-refractivity contribution < 1.29 is 9.90 Å². The van der Waals surface area contributed by atoms with Gasteiger partial charge in [-0.1, -0.05) is 11.3 Å². The highest BCUT2D eigenvalue weighted by Crippen LogP contribution is 2.21. The van der Waals surface area contributed by atoms with E-state index in [2.05, 4.69) is 15.5 Å². The first-order valence-electron chi connectivity index (χ1n) is 5.72. The van der Waals surface area contributed by atoms with E-state index < -0.39 is 0 Å². The molecule has 1 atom stereocenters. The first-order chi connectivity index (χ1) is 8.24. The molecule has 0 aliphatic carbocycles. The number of nitrogens with one attached hydrogen (secondary N) is 1. The largest absolute Gasteiger partial charge is 0.396 e. The van der Waals surface area contributed by atoms with Crippen LogP contribution in [0.2, 0.25) is 0 Å². The van der Waals surface area contributed by atoms with Gasteiger partial charge in [0.1, 0.15) is 0 Å². The Kier molecular flexibility index (Phi) is 3.90. The summed E-state index contributed by atoms with van der Waals surface area (Å²) < 4.78 is 0. The van der Waals surface area contributed by atoms with E-state index in [1.165, 1.54) is 11.3 Å². The molecule has 1 saturated heterocycles. The van der Waals surface area contributed by atoms with Gasteiger partial charge < -0.3 is 15.3 Å². The standard InChI is InChI=1S/C10H16N4O2S/c1-2-11-10-13-12-8(17-10)9(16)14-4-3-7(5-14)6-15/h7,15H,2-6H2,1H3,(H,11,13). The Morgan fingerprint density at radius 1 is 1.65 bits per heavy atom. The van der Waals surface area contributed by atoms with Crippen molar-refractivity contribution in [2.75, 3.05) is 31.6 Å². The number of carbonyl (C=O) groups excluding carboxylic acids is 1. The molecule has 0 radical (unpaired) electrons. The third-order valence-electron chi connectivity index (χ3n) is 2.77. The number of nitrogens with zero attached hydrogens (tertiary/aromatic N) is 3. The minimum absolute atomic E-state index is 0.0809. The molecule has 1 amide bonds. The van der Waals surface area contributed by atoms with Crippen molar-refractivity contribution in [2.24, 2.45) is 5.92 Å². The lowest BCUT2D eigenvalue weighted by Crippen LogP contribution is -2.29. The Bertz CT molecular complexity index is 395. The Morgan fingerprint density at radius 2 is 2.47 bits per heavy atom. The van der Waals surface area contributed by atoms with Crippen molar-refractivity contribution in [3.63, 3.8) is 0 Å². The Balaban J connectivity index is 1.99. The summed E-state index contributed by atoms with van der Waals surface area (Å²) in [7, 11) is 0. The van der Waals surface area contributed by atoms with Crippen LogP contribution in [0.25, 0.3) is 0 Å². The van der Waals surface area contributed by atoms with Crippen LogP contribution in [0.4, 0.5) is 5.13 Å². The fourth-order valence-electron chi connectivity index (χ4n) is 1.83. The van der Waals surface area contributed by atoms with Crippen molar-refractivity contribution in [3.05, 3.63) is 5.01 Å². The van der Waals surface area contributed by atoms with Gasteiger partial charge in [0.15, 0.2) is 0 Å². The molecule has 0 aromatic carbocycles. The molecular weight excluding hydrogens is 240 g/mol. The summed E-state index contributed by atoms with van der Waals surface area (Å²) in [6.07, 6.45) is 0.862. The van der Waals surface area contributed by atoms with E-state index in [1.54, 1.807) is 4.90 Å². The van der Waals surface area contributed by atoms with E-state index >= 15 is 0 Å². The van der Waals surface area contributed by atoms with Gasteiger partial charge in [0, 0.05) is 32.2 Å². The van der Waals surface area contributed by atoms with Gasteiger partial charge in [-0.3, -0.25) is 4.79 Å². The maximum Gasteiger partial charge on any atom is 0.284 e. The molecular formula is C10H16N4O2S. The summed E-state index contributed by atoms with van der Waals surface area (Å²) in [5.74, 6) is 0.128. The molecule has 17 heavy (non-hydrogen) atoms. The normalized spacial score (nSPS) is 19.6. The molecule has 1 aromatic rings. The fraction of sp³-hybridized carbons (Fsp3) is 0.700. The summed E-state index contributed by atoms with van der Waals surface area (Å²) in [5.41, 5.74) is 0. The second kappa shape index (κ2) is 5.42. The third-order valence-corrected chi connectivity index (χ3v) is 3.64. The van der Waals surface area contributed by atoms with Gasteiger partial charge in [-0.2, -0.15) is 0 Å². The number of aliphatic hydroxyl groups excluding tert-OH is 1. The van der Waals surface area contributed by atoms with Crippen molar-refractivity contribution in [3.8, 4) is 0 Å². The smallest absolute Gasteiger partial charge is 0.284 e. The van der Waals surface area contributed by atoms with Crippen LogP contribution < -0.4 is 5.32 Å². The number of hydrogen-bond acceptors (Lipinski definition) is 6. The number of hydrogen-bond donors (Lipinski definition) is 2. The maximum absolute atomic E-state index is 12.1. The van der Waals surface area contributed by atoms with Crippen LogP contribution in [0, 0.1) is 5.92 Å². The number of anilines is 1. The highest BCUT2D eigenvalue weighted by molar-refractivity contribution is 7.17. The highest BCUT2D eigenvalue weighted by atomic mass is 32.1. The van der Waals surface area contributed by atoms with Crippen LogP contribution in [0.5, 0.6) is 0 Å². The minimum Gasteiger partial charge on any atom is -0.396 e. The number of likely N-dealkylation sites (tertiary alicyclic amines) is 1. The van der Waals surface area contributed by atoms with Gasteiger partial charge >= 0.3 is 0 Å². The average molecular weight is 256 g/mol. The molecule has 7 heteroatoms. The van der Waals surface area contributed by atoms with Crippen molar-refractivity contribution in [1.82, 2.24) is 15.1 Å². The molecule has 1 aromatic heterocycles. The molecule has 0 saturated carbocycles. The van der Waals surface area contributed by atoms with Gasteiger partial charge in [0.25, 0.3) is 5.91 Å². The molecule has 2 N–H and O–H groups in total. The summed E-state index contributed by atoms with van der Waals surface area (Å²) in [4.78, 5) is 13.8. The molecule has 2 heterocycles. The monoisotopic (exact) mass is 256 g/mol. The molecule has 0 spiro atoms. The summed E-state index contributed by atoms with van der Waals surface area (Å²) in [6.45, 7) is 4.18. The molecule has 0 bridgehead atoms. The molecule has 1 aliphatic heterocycles. The number of aromatic nitrogens is 2. The van der Waals surface area contributed by atoms with Crippen LogP contribution in [0.15, 0.2) is 0 Å². The lowest BCUT2D eigenvalue weighted by molar-refractivity contribution is 0.0780.